The summed E-state index contributed by atoms with van der Waals surface area (Å²) in [6, 6.07) is 11.4. The SMILES string of the molecule is COc1ccc(-c2cc(Cl)ccc2CNC2CC2)cc1F. The third-order valence-corrected chi connectivity index (χ3v) is 3.93. The Labute approximate surface area is 128 Å². The fraction of sp³-hybridized carbons (Fsp3) is 0.294. The van der Waals surface area contributed by atoms with Crippen LogP contribution in [0.4, 0.5) is 4.39 Å². The first-order valence-electron chi connectivity index (χ1n) is 7.03. The van der Waals surface area contributed by atoms with Crippen molar-refractivity contribution in [2.75, 3.05) is 7.11 Å². The van der Waals surface area contributed by atoms with Crippen LogP contribution in [0.3, 0.4) is 0 Å². The number of nitrogens with one attached hydrogen (secondary N) is 1. The molecule has 0 saturated heterocycles. The molecule has 21 heavy (non-hydrogen) atoms. The van der Waals surface area contributed by atoms with Crippen LogP contribution in [-0.2, 0) is 6.54 Å². The van der Waals surface area contributed by atoms with Gasteiger partial charge in [0, 0.05) is 17.6 Å². The van der Waals surface area contributed by atoms with Gasteiger partial charge in [-0.05, 0) is 53.8 Å². The van der Waals surface area contributed by atoms with Crippen LogP contribution in [0.15, 0.2) is 36.4 Å². The highest BCUT2D eigenvalue weighted by Gasteiger charge is 2.20. The van der Waals surface area contributed by atoms with Crippen LogP contribution in [0.1, 0.15) is 18.4 Å². The molecular weight excluding hydrogens is 289 g/mol. The van der Waals surface area contributed by atoms with Gasteiger partial charge in [0.25, 0.3) is 0 Å². The van der Waals surface area contributed by atoms with Gasteiger partial charge in [-0.2, -0.15) is 0 Å². The van der Waals surface area contributed by atoms with Crippen molar-refractivity contribution in [3.63, 3.8) is 0 Å². The number of ether oxygens (including phenoxy) is 1. The summed E-state index contributed by atoms with van der Waals surface area (Å²) in [6.07, 6.45) is 2.47. The van der Waals surface area contributed by atoms with E-state index in [2.05, 4.69) is 5.32 Å². The second-order valence-electron chi connectivity index (χ2n) is 5.31. The largest absolute Gasteiger partial charge is 0.494 e. The van der Waals surface area contributed by atoms with Gasteiger partial charge in [-0.3, -0.25) is 0 Å². The third kappa shape index (κ3) is 3.36. The van der Waals surface area contributed by atoms with Crippen LogP contribution >= 0.6 is 11.6 Å². The highest BCUT2D eigenvalue weighted by molar-refractivity contribution is 6.30. The first-order valence-corrected chi connectivity index (χ1v) is 7.41. The van der Waals surface area contributed by atoms with E-state index >= 15 is 0 Å². The molecule has 2 aromatic rings. The van der Waals surface area contributed by atoms with Gasteiger partial charge < -0.3 is 10.1 Å². The van der Waals surface area contributed by atoms with Gasteiger partial charge in [-0.15, -0.1) is 0 Å². The lowest BCUT2D eigenvalue weighted by atomic mass is 9.99. The quantitative estimate of drug-likeness (QED) is 0.883. The molecule has 1 N–H and O–H groups in total. The number of hydrogen-bond acceptors (Lipinski definition) is 2. The molecule has 0 radical (unpaired) electrons. The summed E-state index contributed by atoms with van der Waals surface area (Å²) < 4.78 is 18.9. The lowest BCUT2D eigenvalue weighted by Crippen LogP contribution is -2.15. The molecule has 110 valence electrons. The average molecular weight is 306 g/mol. The Morgan fingerprint density at radius 3 is 2.71 bits per heavy atom. The second kappa shape index (κ2) is 6.04. The predicted octanol–water partition coefficient (Wildman–Crippen LogP) is 4.41. The molecule has 3 rings (SSSR count). The van der Waals surface area contributed by atoms with Crippen molar-refractivity contribution in [1.82, 2.24) is 5.32 Å². The summed E-state index contributed by atoms with van der Waals surface area (Å²) in [4.78, 5) is 0. The van der Waals surface area contributed by atoms with Crippen LogP contribution in [0.2, 0.25) is 5.02 Å². The van der Waals surface area contributed by atoms with Gasteiger partial charge >= 0.3 is 0 Å². The number of benzene rings is 2. The summed E-state index contributed by atoms with van der Waals surface area (Å²) in [5, 5.41) is 4.13. The number of methoxy groups -OCH3 is 1. The first-order chi connectivity index (χ1) is 10.2. The van der Waals surface area contributed by atoms with Crippen LogP contribution in [-0.4, -0.2) is 13.2 Å². The monoisotopic (exact) mass is 305 g/mol. The average Bonchev–Trinajstić information content (AvgIpc) is 3.30. The summed E-state index contributed by atoms with van der Waals surface area (Å²) in [6.45, 7) is 0.769. The number of rotatable bonds is 5. The Morgan fingerprint density at radius 2 is 2.05 bits per heavy atom. The smallest absolute Gasteiger partial charge is 0.165 e. The fourth-order valence-corrected chi connectivity index (χ4v) is 2.52. The van der Waals surface area contributed by atoms with Crippen LogP contribution < -0.4 is 10.1 Å². The molecule has 0 amide bonds. The maximum atomic E-state index is 13.9. The Kier molecular flexibility index (Phi) is 4.13. The lowest BCUT2D eigenvalue weighted by Gasteiger charge is -2.12. The topological polar surface area (TPSA) is 21.3 Å². The Hall–Kier alpha value is -1.58. The summed E-state index contributed by atoms with van der Waals surface area (Å²) >= 11 is 6.10. The molecule has 1 aliphatic carbocycles. The molecule has 0 aliphatic heterocycles. The van der Waals surface area contributed by atoms with Gasteiger partial charge in [0.2, 0.25) is 0 Å². The Bertz CT molecular complexity index is 655. The zero-order valence-corrected chi connectivity index (χ0v) is 12.6. The molecule has 1 fully saturated rings. The van der Waals surface area contributed by atoms with Crippen molar-refractivity contribution in [3.05, 3.63) is 52.8 Å². The molecule has 0 heterocycles. The van der Waals surface area contributed by atoms with E-state index in [0.29, 0.717) is 11.1 Å². The molecule has 1 saturated carbocycles. The Morgan fingerprint density at radius 1 is 1.24 bits per heavy atom. The summed E-state index contributed by atoms with van der Waals surface area (Å²) in [5.74, 6) is -0.116. The first kappa shape index (κ1) is 14.4. The van der Waals surface area contributed by atoms with Gasteiger partial charge in [-0.1, -0.05) is 23.7 Å². The van der Waals surface area contributed by atoms with E-state index in [4.69, 9.17) is 16.3 Å². The van der Waals surface area contributed by atoms with Crippen LogP contribution in [0, 0.1) is 5.82 Å². The highest BCUT2D eigenvalue weighted by atomic mass is 35.5. The van der Waals surface area contributed by atoms with Crippen LogP contribution in [0.5, 0.6) is 5.75 Å². The van der Waals surface area contributed by atoms with E-state index in [-0.39, 0.29) is 11.6 Å². The van der Waals surface area contributed by atoms with E-state index in [9.17, 15) is 4.39 Å². The van der Waals surface area contributed by atoms with Crippen LogP contribution in [0.25, 0.3) is 11.1 Å². The molecule has 1 aliphatic rings. The molecule has 0 atom stereocenters. The normalized spacial score (nSPS) is 14.2. The molecule has 0 bridgehead atoms. The zero-order chi connectivity index (χ0) is 14.8. The van der Waals surface area contributed by atoms with Gasteiger partial charge in [0.1, 0.15) is 0 Å². The molecule has 0 aromatic heterocycles. The minimum Gasteiger partial charge on any atom is -0.494 e. The van der Waals surface area contributed by atoms with E-state index in [1.165, 1.54) is 26.0 Å². The summed E-state index contributed by atoms with van der Waals surface area (Å²) in [5.41, 5.74) is 2.89. The van der Waals surface area contributed by atoms with Crippen molar-refractivity contribution in [2.24, 2.45) is 0 Å². The minimum absolute atomic E-state index is 0.249. The maximum absolute atomic E-state index is 13.9. The van der Waals surface area contributed by atoms with Gasteiger partial charge in [0.15, 0.2) is 11.6 Å². The molecule has 0 unspecified atom stereocenters. The van der Waals surface area contributed by atoms with E-state index in [1.807, 2.05) is 24.3 Å². The molecule has 0 spiro atoms. The summed E-state index contributed by atoms with van der Waals surface area (Å²) in [7, 11) is 1.46. The highest BCUT2D eigenvalue weighted by Crippen LogP contribution is 2.31. The maximum Gasteiger partial charge on any atom is 0.165 e. The standard InChI is InChI=1S/C17H17ClFNO/c1-21-17-7-3-11(8-16(17)19)15-9-13(18)4-2-12(15)10-20-14-5-6-14/h2-4,7-9,14,20H,5-6,10H2,1H3. The number of hydrogen-bond donors (Lipinski definition) is 1. The molecule has 2 nitrogen and oxygen atoms in total. The minimum atomic E-state index is -0.365. The van der Waals surface area contributed by atoms with E-state index in [1.54, 1.807) is 6.07 Å². The lowest BCUT2D eigenvalue weighted by molar-refractivity contribution is 0.386. The second-order valence-corrected chi connectivity index (χ2v) is 5.74. The Balaban J connectivity index is 1.94. The van der Waals surface area contributed by atoms with Crippen molar-refractivity contribution >= 4 is 11.6 Å². The molecular formula is C17H17ClFNO. The van der Waals surface area contributed by atoms with E-state index in [0.717, 1.165) is 23.2 Å². The third-order valence-electron chi connectivity index (χ3n) is 3.69. The molecule has 4 heteroatoms. The van der Waals surface area contributed by atoms with Gasteiger partial charge in [-0.25, -0.2) is 4.39 Å². The number of halogens is 2. The fourth-order valence-electron chi connectivity index (χ4n) is 2.35. The van der Waals surface area contributed by atoms with Crippen molar-refractivity contribution in [1.29, 1.82) is 0 Å². The zero-order valence-electron chi connectivity index (χ0n) is 11.8. The van der Waals surface area contributed by atoms with E-state index < -0.39 is 0 Å². The predicted molar refractivity (Wildman–Crippen MR) is 83.3 cm³/mol. The van der Waals surface area contributed by atoms with Crippen molar-refractivity contribution in [3.8, 4) is 16.9 Å². The van der Waals surface area contributed by atoms with Gasteiger partial charge in [0.05, 0.1) is 7.11 Å². The van der Waals surface area contributed by atoms with Crippen molar-refractivity contribution < 1.29 is 9.13 Å². The molecule has 2 aromatic carbocycles. The van der Waals surface area contributed by atoms with Crippen molar-refractivity contribution in [2.45, 2.75) is 25.4 Å².